The summed E-state index contributed by atoms with van der Waals surface area (Å²) < 4.78 is 8.07. The van der Waals surface area contributed by atoms with Crippen molar-refractivity contribution in [1.82, 2.24) is 13.6 Å². The normalized spacial score (nSPS) is 15.1. The van der Waals surface area contributed by atoms with Crippen LogP contribution in [0.2, 0.25) is 0 Å². The molecule has 23 heavy (non-hydrogen) atoms. The lowest BCUT2D eigenvalue weighted by Gasteiger charge is -2.15. The number of anilines is 2. The number of nitrogens with two attached hydrogens (primary N) is 1. The van der Waals surface area contributed by atoms with Gasteiger partial charge in [0.15, 0.2) is 11.6 Å². The van der Waals surface area contributed by atoms with Crippen molar-refractivity contribution < 1.29 is 0 Å². The summed E-state index contributed by atoms with van der Waals surface area (Å²) in [5.41, 5.74) is 7.12. The zero-order valence-electron chi connectivity index (χ0n) is 13.2. The first kappa shape index (κ1) is 16.5. The summed E-state index contributed by atoms with van der Waals surface area (Å²) in [5, 5.41) is 3.23. The molecule has 2 heterocycles. The van der Waals surface area contributed by atoms with E-state index in [9.17, 15) is 0 Å². The van der Waals surface area contributed by atoms with Crippen LogP contribution in [0.4, 0.5) is 11.6 Å². The van der Waals surface area contributed by atoms with Crippen LogP contribution in [0.1, 0.15) is 24.8 Å². The van der Waals surface area contributed by atoms with Crippen molar-refractivity contribution in [1.29, 1.82) is 0 Å². The fraction of sp³-hybridized carbons (Fsp3) is 0.500. The number of nitrogen functional groups attached to an aromatic ring is 1. The van der Waals surface area contributed by atoms with Crippen LogP contribution in [-0.4, -0.2) is 39.0 Å². The highest BCUT2D eigenvalue weighted by Crippen LogP contribution is 2.22. The van der Waals surface area contributed by atoms with Gasteiger partial charge in [0.25, 0.3) is 0 Å². The molecule has 2 aromatic rings. The molecule has 124 valence electrons. The summed E-state index contributed by atoms with van der Waals surface area (Å²) in [4.78, 5) is 3.90. The number of aromatic nitrogens is 2. The fourth-order valence-electron chi connectivity index (χ4n) is 2.72. The van der Waals surface area contributed by atoms with Gasteiger partial charge in [-0.25, -0.2) is 0 Å². The lowest BCUT2D eigenvalue weighted by Crippen LogP contribution is -2.18. The molecule has 1 fully saturated rings. The van der Waals surface area contributed by atoms with Gasteiger partial charge in [0.05, 0.1) is 11.7 Å². The topological polar surface area (TPSA) is 67.1 Å². The Kier molecular flexibility index (Phi) is 6.13. The van der Waals surface area contributed by atoms with E-state index in [1.165, 1.54) is 36.4 Å². The minimum atomic E-state index is 0.497. The Bertz CT molecular complexity index is 610. The van der Waals surface area contributed by atoms with Gasteiger partial charge in [-0.2, -0.15) is 8.75 Å². The Morgan fingerprint density at radius 3 is 2.91 bits per heavy atom. The summed E-state index contributed by atoms with van der Waals surface area (Å²) in [6, 6.07) is 8.95. The molecule has 1 aliphatic heterocycles. The lowest BCUT2D eigenvalue weighted by molar-refractivity contribution is 0.331. The third-order valence-electron chi connectivity index (χ3n) is 3.90. The maximum absolute atomic E-state index is 5.70. The minimum absolute atomic E-state index is 0.497. The van der Waals surface area contributed by atoms with E-state index in [0.29, 0.717) is 11.6 Å². The molecule has 0 bridgehead atoms. The molecule has 0 unspecified atom stereocenters. The largest absolute Gasteiger partial charge is 0.380 e. The Morgan fingerprint density at radius 2 is 2.13 bits per heavy atom. The van der Waals surface area contributed by atoms with Gasteiger partial charge in [0.1, 0.15) is 0 Å². The predicted molar refractivity (Wildman–Crippen MR) is 99.1 cm³/mol. The van der Waals surface area contributed by atoms with E-state index in [1.54, 1.807) is 0 Å². The summed E-state index contributed by atoms with van der Waals surface area (Å²) in [7, 11) is 0. The zero-order chi connectivity index (χ0) is 15.9. The monoisotopic (exact) mass is 349 g/mol. The van der Waals surface area contributed by atoms with Crippen LogP contribution >= 0.6 is 23.5 Å². The van der Waals surface area contributed by atoms with E-state index in [1.807, 2.05) is 11.8 Å². The molecule has 7 heteroatoms. The average molecular weight is 350 g/mol. The van der Waals surface area contributed by atoms with Crippen molar-refractivity contribution in [2.75, 3.05) is 36.4 Å². The molecule has 0 amide bonds. The van der Waals surface area contributed by atoms with Crippen LogP contribution < -0.4 is 11.1 Å². The zero-order valence-corrected chi connectivity index (χ0v) is 14.8. The van der Waals surface area contributed by atoms with E-state index in [4.69, 9.17) is 5.73 Å². The summed E-state index contributed by atoms with van der Waals surface area (Å²) in [6.45, 7) is 4.46. The summed E-state index contributed by atoms with van der Waals surface area (Å²) in [5.74, 6) is 2.29. The van der Waals surface area contributed by atoms with Gasteiger partial charge in [0.2, 0.25) is 0 Å². The molecule has 1 saturated heterocycles. The third kappa shape index (κ3) is 5.09. The molecule has 1 aromatic heterocycles. The Balaban J connectivity index is 1.38. The van der Waals surface area contributed by atoms with Crippen molar-refractivity contribution in [2.24, 2.45) is 0 Å². The van der Waals surface area contributed by atoms with Crippen molar-refractivity contribution in [2.45, 2.75) is 30.7 Å². The number of thioether (sulfide) groups is 1. The smallest absolute Gasteiger partial charge is 0.184 e. The van der Waals surface area contributed by atoms with Gasteiger partial charge in [-0.1, -0.05) is 12.1 Å². The van der Waals surface area contributed by atoms with Gasteiger partial charge in [0, 0.05) is 18.0 Å². The second kappa shape index (κ2) is 8.52. The Hall–Kier alpha value is -1.31. The second-order valence-corrected chi connectivity index (χ2v) is 7.45. The molecule has 0 atom stereocenters. The van der Waals surface area contributed by atoms with Gasteiger partial charge in [-0.15, -0.1) is 11.8 Å². The van der Waals surface area contributed by atoms with Crippen LogP contribution in [0.3, 0.4) is 0 Å². The van der Waals surface area contributed by atoms with Crippen LogP contribution in [0, 0.1) is 0 Å². The van der Waals surface area contributed by atoms with Gasteiger partial charge in [-0.3, -0.25) is 4.90 Å². The molecule has 1 aliphatic rings. The van der Waals surface area contributed by atoms with Gasteiger partial charge < -0.3 is 11.1 Å². The van der Waals surface area contributed by atoms with Gasteiger partial charge >= 0.3 is 0 Å². The van der Waals surface area contributed by atoms with Gasteiger partial charge in [-0.05, 0) is 55.8 Å². The second-order valence-electron chi connectivity index (χ2n) is 5.76. The van der Waals surface area contributed by atoms with Crippen molar-refractivity contribution >= 4 is 35.1 Å². The first-order valence-electron chi connectivity index (χ1n) is 8.07. The van der Waals surface area contributed by atoms with E-state index < -0.39 is 0 Å². The molecule has 3 rings (SSSR count). The van der Waals surface area contributed by atoms with Crippen LogP contribution in [0.5, 0.6) is 0 Å². The highest BCUT2D eigenvalue weighted by molar-refractivity contribution is 7.99. The van der Waals surface area contributed by atoms with E-state index in [2.05, 4.69) is 43.2 Å². The third-order valence-corrected chi connectivity index (χ3v) is 5.52. The quantitative estimate of drug-likeness (QED) is 0.563. The van der Waals surface area contributed by atoms with Crippen molar-refractivity contribution in [3.63, 3.8) is 0 Å². The summed E-state index contributed by atoms with van der Waals surface area (Å²) in [6.07, 6.45) is 3.76. The predicted octanol–water partition coefficient (Wildman–Crippen LogP) is 3.31. The highest BCUT2D eigenvalue weighted by Gasteiger charge is 2.11. The molecule has 1 aromatic carbocycles. The van der Waals surface area contributed by atoms with E-state index >= 15 is 0 Å². The number of benzene rings is 1. The fourth-order valence-corrected chi connectivity index (χ4v) is 4.11. The van der Waals surface area contributed by atoms with Crippen LogP contribution in [-0.2, 0) is 6.54 Å². The lowest BCUT2D eigenvalue weighted by atomic mass is 10.2. The number of rotatable bonds is 8. The Labute approximate surface area is 146 Å². The first-order valence-corrected chi connectivity index (χ1v) is 9.79. The maximum Gasteiger partial charge on any atom is 0.184 e. The molecular weight excluding hydrogens is 326 g/mol. The molecule has 5 nitrogen and oxygen atoms in total. The number of hydrogen-bond donors (Lipinski definition) is 2. The molecule has 0 spiro atoms. The van der Waals surface area contributed by atoms with Crippen LogP contribution in [0.15, 0.2) is 29.2 Å². The first-order chi connectivity index (χ1) is 11.3. The molecule has 0 saturated carbocycles. The van der Waals surface area contributed by atoms with Crippen molar-refractivity contribution in [3.05, 3.63) is 29.8 Å². The van der Waals surface area contributed by atoms with E-state index in [-0.39, 0.29) is 0 Å². The number of nitrogens with zero attached hydrogens (tertiary/aromatic N) is 3. The Morgan fingerprint density at radius 1 is 1.26 bits per heavy atom. The van der Waals surface area contributed by atoms with Crippen LogP contribution in [0.25, 0.3) is 0 Å². The summed E-state index contributed by atoms with van der Waals surface area (Å²) >= 11 is 3.06. The maximum atomic E-state index is 5.70. The molecule has 0 radical (unpaired) electrons. The number of hydrogen-bond acceptors (Lipinski definition) is 7. The highest BCUT2D eigenvalue weighted by atomic mass is 32.2. The van der Waals surface area contributed by atoms with Crippen molar-refractivity contribution in [3.8, 4) is 0 Å². The molecule has 0 aliphatic carbocycles. The van der Waals surface area contributed by atoms with E-state index in [0.717, 1.165) is 37.0 Å². The molecule has 3 N–H and O–H groups in total. The number of nitrogens with one attached hydrogen (secondary N) is 1. The average Bonchev–Trinajstić information content (AvgIpc) is 3.20. The SMILES string of the molecule is Nc1nsnc1NCCCSc1cccc(CN2CCCC2)c1. The molecular formula is C16H23N5S2. The standard InChI is InChI=1S/C16H23N5S2/c17-15-16(20-23-19-15)18-7-4-10-22-14-6-3-5-13(11-14)12-21-8-1-2-9-21/h3,5-6,11H,1-2,4,7-10,12H2,(H2,17,19)(H,18,20). The number of likely N-dealkylation sites (tertiary alicyclic amines) is 1. The minimum Gasteiger partial charge on any atom is -0.380 e.